The minimum atomic E-state index is -3.02. The third kappa shape index (κ3) is 8.86. The highest BCUT2D eigenvalue weighted by Gasteiger charge is 2.57. The molecule has 4 atom stereocenters. The summed E-state index contributed by atoms with van der Waals surface area (Å²) in [6.07, 6.45) is 8.82. The van der Waals surface area contributed by atoms with E-state index in [0.717, 1.165) is 72.0 Å². The number of hydrogen-bond donors (Lipinski definition) is 3. The zero-order chi connectivity index (χ0) is 40.9. The first kappa shape index (κ1) is 43.3. The Kier molecular flexibility index (Phi) is 14.2. The summed E-state index contributed by atoms with van der Waals surface area (Å²) in [5, 5.41) is 36.0. The molecule has 6 rings (SSSR count). The number of aromatic hydroxyl groups is 1. The number of phenolic OH excluding ortho intramolecular Hbond substituents is 1. The summed E-state index contributed by atoms with van der Waals surface area (Å²) < 4.78 is 13.6. The number of hydrogen-bond acceptors (Lipinski definition) is 7. The molecule has 1 saturated carbocycles. The van der Waals surface area contributed by atoms with E-state index < -0.39 is 32.2 Å². The normalized spacial score (nSPS) is 21.6. The smallest absolute Gasteiger partial charge is 0.261 e. The molecule has 3 aromatic rings. The Morgan fingerprint density at radius 1 is 0.965 bits per heavy atom. The Labute approximate surface area is 353 Å². The SMILES string of the molecule is CCC/C(=C\c1cc(I)c(O)c(OC)c1)CC[C@@H](O)C1=C(CO[Si](c2ccccc2)(c2ccccc2)C(C)(C)C)C[C@H]2C(=O)N(C3CCCCC3)C(=O)[C@H]2[C@H]1CO. The number of fused-ring (bicyclic) bond motifs is 1. The van der Waals surface area contributed by atoms with Gasteiger partial charge in [-0.1, -0.05) is 126 Å². The lowest BCUT2D eigenvalue weighted by Gasteiger charge is -2.44. The average Bonchev–Trinajstić information content (AvgIpc) is 3.46. The van der Waals surface area contributed by atoms with Gasteiger partial charge >= 0.3 is 0 Å². The van der Waals surface area contributed by atoms with E-state index in [9.17, 15) is 24.9 Å². The van der Waals surface area contributed by atoms with Crippen LogP contribution in [0.5, 0.6) is 11.5 Å². The van der Waals surface area contributed by atoms with Gasteiger partial charge in [-0.25, -0.2) is 0 Å². The Bertz CT molecular complexity index is 1900. The molecule has 1 saturated heterocycles. The van der Waals surface area contributed by atoms with Crippen LogP contribution < -0.4 is 15.1 Å². The van der Waals surface area contributed by atoms with Gasteiger partial charge in [-0.3, -0.25) is 14.5 Å². The van der Waals surface area contributed by atoms with Gasteiger partial charge in [0.15, 0.2) is 11.5 Å². The van der Waals surface area contributed by atoms with Crippen LogP contribution in [0, 0.1) is 21.3 Å². The fourth-order valence-electron chi connectivity index (χ4n) is 9.91. The molecule has 2 aliphatic carbocycles. The van der Waals surface area contributed by atoms with Crippen LogP contribution in [-0.2, 0) is 14.0 Å². The molecule has 8 nitrogen and oxygen atoms in total. The second-order valence-corrected chi connectivity index (χ2v) is 22.6. The summed E-state index contributed by atoms with van der Waals surface area (Å²) in [6, 6.07) is 24.4. The number of phenols is 1. The van der Waals surface area contributed by atoms with Gasteiger partial charge in [-0.05, 0) is 105 Å². The number of benzene rings is 3. The van der Waals surface area contributed by atoms with Crippen LogP contribution >= 0.6 is 22.6 Å². The van der Waals surface area contributed by atoms with Crippen molar-refractivity contribution >= 4 is 59.2 Å². The maximum atomic E-state index is 14.4. The lowest BCUT2D eigenvalue weighted by Crippen LogP contribution is -2.66. The molecule has 0 aromatic heterocycles. The number of likely N-dealkylation sites (tertiary alicyclic amines) is 1. The second kappa shape index (κ2) is 18.7. The molecule has 0 unspecified atom stereocenters. The van der Waals surface area contributed by atoms with Gasteiger partial charge in [0.1, 0.15) is 0 Å². The number of aliphatic hydroxyl groups is 2. The Morgan fingerprint density at radius 2 is 1.60 bits per heavy atom. The number of rotatable bonds is 15. The molecular formula is C47H60INO7Si. The van der Waals surface area contributed by atoms with Crippen LogP contribution in [0.4, 0.5) is 0 Å². The molecule has 3 aromatic carbocycles. The highest BCUT2D eigenvalue weighted by molar-refractivity contribution is 14.1. The van der Waals surface area contributed by atoms with Crippen LogP contribution in [0.15, 0.2) is 89.5 Å². The Balaban J connectivity index is 1.41. The van der Waals surface area contributed by atoms with Gasteiger partial charge in [-0.2, -0.15) is 0 Å². The van der Waals surface area contributed by atoms with E-state index in [2.05, 4.69) is 105 Å². The number of nitrogens with zero attached hydrogens (tertiary/aromatic N) is 1. The van der Waals surface area contributed by atoms with Gasteiger partial charge in [0, 0.05) is 12.0 Å². The van der Waals surface area contributed by atoms with Gasteiger partial charge in [0.2, 0.25) is 11.8 Å². The monoisotopic (exact) mass is 905 g/mol. The van der Waals surface area contributed by atoms with Crippen molar-refractivity contribution in [3.63, 3.8) is 0 Å². The molecule has 57 heavy (non-hydrogen) atoms. The van der Waals surface area contributed by atoms with E-state index in [-0.39, 0.29) is 41.9 Å². The van der Waals surface area contributed by atoms with Crippen LogP contribution in [0.25, 0.3) is 6.08 Å². The molecule has 1 heterocycles. The van der Waals surface area contributed by atoms with Gasteiger partial charge in [-0.15, -0.1) is 0 Å². The zero-order valence-electron chi connectivity index (χ0n) is 34.2. The number of ether oxygens (including phenoxy) is 1. The standard InChI is InChI=1S/C47H60INO7Si/c1-6-16-31(25-32-26-39(48)44(52)41(27-32)55-5)23-24-40(51)42-33(28-37-43(38(42)29-50)46(54)49(45(37)53)34-17-10-7-11-18-34)30-56-57(47(2,3)4,35-19-12-8-13-20-35)36-21-14-9-15-22-36/h8-9,12-15,19-22,25-27,34,37-38,40,43,50-52H,6-7,10-11,16-18,23-24,28-30H2,1-5H3/b31-25+/t37-,38+,40-,43-/m1/s1. The highest BCUT2D eigenvalue weighted by Crippen LogP contribution is 2.48. The van der Waals surface area contributed by atoms with Crippen molar-refractivity contribution in [1.29, 1.82) is 0 Å². The summed E-state index contributed by atoms with van der Waals surface area (Å²) >= 11 is 2.10. The summed E-state index contributed by atoms with van der Waals surface area (Å²) in [6.45, 7) is 8.63. The van der Waals surface area contributed by atoms with Crippen LogP contribution in [0.3, 0.4) is 0 Å². The first-order valence-corrected chi connectivity index (χ1v) is 23.7. The molecule has 1 aliphatic heterocycles. The number of carbonyl (C=O) groups excluding carboxylic acids is 2. The molecule has 0 spiro atoms. The fraction of sp³-hybridized carbons (Fsp3) is 0.489. The quantitative estimate of drug-likeness (QED) is 0.0611. The van der Waals surface area contributed by atoms with Gasteiger partial charge < -0.3 is 24.5 Å². The van der Waals surface area contributed by atoms with Crippen molar-refractivity contribution in [2.75, 3.05) is 20.3 Å². The minimum Gasteiger partial charge on any atom is -0.504 e. The molecule has 2 amide bonds. The molecular weight excluding hydrogens is 846 g/mol. The third-order valence-corrected chi connectivity index (χ3v) is 18.3. The number of imide groups is 1. The minimum absolute atomic E-state index is 0.107. The summed E-state index contributed by atoms with van der Waals surface area (Å²) in [7, 11) is -1.48. The van der Waals surface area contributed by atoms with Crippen LogP contribution in [-0.4, -0.2) is 72.8 Å². The zero-order valence-corrected chi connectivity index (χ0v) is 37.3. The predicted octanol–water partition coefficient (Wildman–Crippen LogP) is 8.15. The topological polar surface area (TPSA) is 117 Å². The highest BCUT2D eigenvalue weighted by atomic mass is 127. The average molecular weight is 906 g/mol. The maximum Gasteiger partial charge on any atom is 0.261 e. The van der Waals surface area contributed by atoms with E-state index in [0.29, 0.717) is 34.2 Å². The first-order valence-electron chi connectivity index (χ1n) is 20.7. The van der Waals surface area contributed by atoms with Crippen LogP contribution in [0.2, 0.25) is 5.04 Å². The molecule has 0 radical (unpaired) electrons. The van der Waals surface area contributed by atoms with Crippen molar-refractivity contribution in [3.8, 4) is 11.5 Å². The van der Waals surface area contributed by atoms with Crippen molar-refractivity contribution < 1.29 is 34.1 Å². The first-order chi connectivity index (χ1) is 27.4. The number of aliphatic hydroxyl groups excluding tert-OH is 2. The number of halogens is 1. The largest absolute Gasteiger partial charge is 0.504 e. The van der Waals surface area contributed by atoms with E-state index in [1.165, 1.54) is 7.11 Å². The molecule has 306 valence electrons. The van der Waals surface area contributed by atoms with Gasteiger partial charge in [0.05, 0.1) is 41.8 Å². The second-order valence-electron chi connectivity index (χ2n) is 17.1. The van der Waals surface area contributed by atoms with Crippen molar-refractivity contribution in [1.82, 2.24) is 4.90 Å². The van der Waals surface area contributed by atoms with Gasteiger partial charge in [0.25, 0.3) is 8.32 Å². The summed E-state index contributed by atoms with van der Waals surface area (Å²) in [5.74, 6) is -1.86. The number of amides is 2. The number of methoxy groups -OCH3 is 1. The van der Waals surface area contributed by atoms with Crippen LogP contribution in [0.1, 0.15) is 97.5 Å². The maximum absolute atomic E-state index is 14.4. The van der Waals surface area contributed by atoms with E-state index in [4.69, 9.17) is 9.16 Å². The summed E-state index contributed by atoms with van der Waals surface area (Å²) in [5.41, 5.74) is 3.51. The lowest BCUT2D eigenvalue weighted by atomic mass is 9.68. The molecule has 2 fully saturated rings. The van der Waals surface area contributed by atoms with E-state index >= 15 is 0 Å². The van der Waals surface area contributed by atoms with Crippen molar-refractivity contribution in [3.05, 3.63) is 98.6 Å². The lowest BCUT2D eigenvalue weighted by molar-refractivity contribution is -0.143. The number of allylic oxidation sites excluding steroid dienone is 1. The Morgan fingerprint density at radius 3 is 2.16 bits per heavy atom. The van der Waals surface area contributed by atoms with Crippen molar-refractivity contribution in [2.45, 2.75) is 109 Å². The van der Waals surface area contributed by atoms with Crippen molar-refractivity contribution in [2.24, 2.45) is 17.8 Å². The number of carbonyl (C=O) groups is 2. The predicted molar refractivity (Wildman–Crippen MR) is 237 cm³/mol. The fourth-order valence-corrected chi connectivity index (χ4v) is 15.1. The van der Waals surface area contributed by atoms with E-state index in [1.54, 1.807) is 4.90 Å². The summed E-state index contributed by atoms with van der Waals surface area (Å²) in [4.78, 5) is 30.3. The molecule has 0 bridgehead atoms. The molecule has 10 heteroatoms. The molecule has 3 aliphatic rings. The Hall–Kier alpha value is -3.29. The molecule has 3 N–H and O–H groups in total. The van der Waals surface area contributed by atoms with E-state index in [1.807, 2.05) is 24.3 Å². The third-order valence-electron chi connectivity index (χ3n) is 12.5.